The molecule has 2 aromatic carbocycles. The number of benzene rings is 2. The lowest BCUT2D eigenvalue weighted by molar-refractivity contribution is -0.113. The molecule has 0 atom stereocenters. The molecule has 30 heavy (non-hydrogen) atoms. The molecule has 0 saturated carbocycles. The Labute approximate surface area is 183 Å². The molecular weight excluding hydrogens is 448 g/mol. The molecule has 1 N–H and O–H groups in total. The smallest absolute Gasteiger partial charge is 0.277 e. The molecular formula is C19H19ClN4O4S2. The van der Waals surface area contributed by atoms with Crippen LogP contribution in [-0.4, -0.2) is 48.7 Å². The maximum absolute atomic E-state index is 12.4. The van der Waals surface area contributed by atoms with Crippen LogP contribution >= 0.6 is 23.4 Å². The fourth-order valence-corrected chi connectivity index (χ4v) is 4.02. The highest BCUT2D eigenvalue weighted by Gasteiger charge is 2.19. The summed E-state index contributed by atoms with van der Waals surface area (Å²) in [6, 6.07) is 11.5. The summed E-state index contributed by atoms with van der Waals surface area (Å²) in [5.41, 5.74) is 1.89. The van der Waals surface area contributed by atoms with Gasteiger partial charge in [0.05, 0.1) is 10.6 Å². The third kappa shape index (κ3) is 5.20. The predicted octanol–water partition coefficient (Wildman–Crippen LogP) is 3.68. The van der Waals surface area contributed by atoms with E-state index in [9.17, 15) is 13.2 Å². The molecule has 0 aliphatic rings. The Morgan fingerprint density at radius 3 is 2.53 bits per heavy atom. The third-order valence-corrected chi connectivity index (χ3v) is 6.97. The van der Waals surface area contributed by atoms with Crippen molar-refractivity contribution in [2.45, 2.75) is 17.0 Å². The molecule has 8 nitrogen and oxygen atoms in total. The van der Waals surface area contributed by atoms with E-state index in [-0.39, 0.29) is 21.8 Å². The maximum atomic E-state index is 12.4. The first kappa shape index (κ1) is 22.3. The average Bonchev–Trinajstić information content (AvgIpc) is 3.17. The van der Waals surface area contributed by atoms with E-state index >= 15 is 0 Å². The zero-order valence-corrected chi connectivity index (χ0v) is 18.8. The highest BCUT2D eigenvalue weighted by Crippen LogP contribution is 2.25. The number of nitrogens with zero attached hydrogens (tertiary/aromatic N) is 3. The summed E-state index contributed by atoms with van der Waals surface area (Å²) in [7, 11) is -0.696. The summed E-state index contributed by atoms with van der Waals surface area (Å²) < 4.78 is 31.3. The number of aryl methyl sites for hydroxylation is 1. The van der Waals surface area contributed by atoms with Crippen LogP contribution < -0.4 is 5.32 Å². The van der Waals surface area contributed by atoms with Crippen LogP contribution in [0.5, 0.6) is 0 Å². The van der Waals surface area contributed by atoms with Gasteiger partial charge in [-0.15, -0.1) is 10.2 Å². The average molecular weight is 467 g/mol. The van der Waals surface area contributed by atoms with E-state index in [0.717, 1.165) is 27.2 Å². The van der Waals surface area contributed by atoms with E-state index < -0.39 is 10.0 Å². The third-order valence-electron chi connectivity index (χ3n) is 4.09. The number of nitrogens with one attached hydrogen (secondary N) is 1. The SMILES string of the molecule is Cc1ccc(S(=O)(=O)N(C)C)cc1NC(=O)CSc1nnc(-c2ccc(Cl)cc2)o1. The Morgan fingerprint density at radius 2 is 1.87 bits per heavy atom. The quantitative estimate of drug-likeness (QED) is 0.529. The van der Waals surface area contributed by atoms with Gasteiger partial charge in [-0.1, -0.05) is 29.4 Å². The summed E-state index contributed by atoms with van der Waals surface area (Å²) in [6.07, 6.45) is 0. The van der Waals surface area contributed by atoms with Gasteiger partial charge in [0.1, 0.15) is 0 Å². The van der Waals surface area contributed by atoms with Crippen LogP contribution in [-0.2, 0) is 14.8 Å². The molecule has 0 spiro atoms. The Bertz CT molecular complexity index is 1160. The lowest BCUT2D eigenvalue weighted by Crippen LogP contribution is -2.22. The minimum absolute atomic E-state index is 0.0202. The van der Waals surface area contributed by atoms with Crippen LogP contribution in [0.2, 0.25) is 5.02 Å². The fourth-order valence-electron chi connectivity index (χ4n) is 2.40. The summed E-state index contributed by atoms with van der Waals surface area (Å²) in [5, 5.41) is 11.5. The second-order valence-corrected chi connectivity index (χ2v) is 10.00. The molecule has 0 bridgehead atoms. The standard InChI is InChI=1S/C19H19ClN4O4S2/c1-12-4-9-15(30(26,27)24(2)3)10-16(12)21-17(25)11-29-19-23-22-18(28-19)13-5-7-14(20)8-6-13/h4-10H,11H2,1-3H3,(H,21,25). The van der Waals surface area contributed by atoms with Gasteiger partial charge in [0.25, 0.3) is 5.22 Å². The van der Waals surface area contributed by atoms with E-state index in [4.69, 9.17) is 16.0 Å². The lowest BCUT2D eigenvalue weighted by Gasteiger charge is -2.14. The molecule has 1 aromatic heterocycles. The first-order valence-corrected chi connectivity index (χ1v) is 11.5. The maximum Gasteiger partial charge on any atom is 0.277 e. The minimum atomic E-state index is -3.60. The highest BCUT2D eigenvalue weighted by atomic mass is 35.5. The van der Waals surface area contributed by atoms with E-state index in [1.165, 1.54) is 26.2 Å². The molecule has 0 aliphatic heterocycles. The van der Waals surface area contributed by atoms with Gasteiger partial charge in [0, 0.05) is 30.4 Å². The molecule has 11 heteroatoms. The van der Waals surface area contributed by atoms with Crippen molar-refractivity contribution < 1.29 is 17.6 Å². The number of carbonyl (C=O) groups excluding carboxylic acids is 1. The molecule has 0 fully saturated rings. The first-order chi connectivity index (χ1) is 14.2. The summed E-state index contributed by atoms with van der Waals surface area (Å²) in [4.78, 5) is 12.5. The second-order valence-electron chi connectivity index (χ2n) is 6.48. The van der Waals surface area contributed by atoms with Crippen LogP contribution in [0.1, 0.15) is 5.56 Å². The topological polar surface area (TPSA) is 105 Å². The van der Waals surface area contributed by atoms with E-state index in [2.05, 4.69) is 15.5 Å². The normalized spacial score (nSPS) is 11.6. The molecule has 0 aliphatic carbocycles. The minimum Gasteiger partial charge on any atom is -0.411 e. The molecule has 1 heterocycles. The highest BCUT2D eigenvalue weighted by molar-refractivity contribution is 7.99. The fraction of sp³-hybridized carbons (Fsp3) is 0.211. The van der Waals surface area contributed by atoms with Crippen LogP contribution in [0.3, 0.4) is 0 Å². The summed E-state index contributed by atoms with van der Waals surface area (Å²) in [6.45, 7) is 1.78. The number of sulfonamides is 1. The van der Waals surface area contributed by atoms with Gasteiger partial charge in [0.2, 0.25) is 21.8 Å². The Hall–Kier alpha value is -2.40. The van der Waals surface area contributed by atoms with Crippen molar-refractivity contribution in [2.75, 3.05) is 25.2 Å². The number of rotatable bonds is 7. The monoisotopic (exact) mass is 466 g/mol. The number of amides is 1. The van der Waals surface area contributed by atoms with Crippen molar-refractivity contribution in [2.24, 2.45) is 0 Å². The molecule has 1 amide bonds. The Morgan fingerprint density at radius 1 is 1.17 bits per heavy atom. The first-order valence-electron chi connectivity index (χ1n) is 8.72. The van der Waals surface area contributed by atoms with Crippen molar-refractivity contribution in [3.63, 3.8) is 0 Å². The van der Waals surface area contributed by atoms with Crippen molar-refractivity contribution in [1.82, 2.24) is 14.5 Å². The number of aromatic nitrogens is 2. The molecule has 0 saturated heterocycles. The largest absolute Gasteiger partial charge is 0.411 e. The zero-order valence-electron chi connectivity index (χ0n) is 16.4. The van der Waals surface area contributed by atoms with Crippen LogP contribution in [0.15, 0.2) is 57.0 Å². The zero-order chi connectivity index (χ0) is 21.9. The molecule has 158 valence electrons. The number of anilines is 1. The number of hydrogen-bond acceptors (Lipinski definition) is 7. The van der Waals surface area contributed by atoms with Gasteiger partial charge in [-0.25, -0.2) is 12.7 Å². The van der Waals surface area contributed by atoms with Gasteiger partial charge >= 0.3 is 0 Å². The Balaban J connectivity index is 1.65. The van der Waals surface area contributed by atoms with Gasteiger partial charge in [-0.2, -0.15) is 0 Å². The van der Waals surface area contributed by atoms with Crippen molar-refractivity contribution in [3.05, 3.63) is 53.1 Å². The number of thioether (sulfide) groups is 1. The van der Waals surface area contributed by atoms with Crippen molar-refractivity contribution in [3.8, 4) is 11.5 Å². The number of carbonyl (C=O) groups is 1. The number of hydrogen-bond donors (Lipinski definition) is 1. The molecule has 0 unspecified atom stereocenters. The van der Waals surface area contributed by atoms with Crippen molar-refractivity contribution >= 4 is 45.0 Å². The van der Waals surface area contributed by atoms with Crippen LogP contribution in [0.4, 0.5) is 5.69 Å². The molecule has 3 rings (SSSR count). The van der Waals surface area contributed by atoms with Crippen molar-refractivity contribution in [1.29, 1.82) is 0 Å². The summed E-state index contributed by atoms with van der Waals surface area (Å²) in [5.74, 6) is 0.0209. The van der Waals surface area contributed by atoms with Gasteiger partial charge in [-0.05, 0) is 48.9 Å². The lowest BCUT2D eigenvalue weighted by atomic mass is 10.2. The van der Waals surface area contributed by atoms with E-state index in [0.29, 0.717) is 16.6 Å². The Kier molecular flexibility index (Phi) is 6.81. The second kappa shape index (κ2) is 9.17. The van der Waals surface area contributed by atoms with Gasteiger partial charge in [-0.3, -0.25) is 4.79 Å². The number of halogens is 1. The van der Waals surface area contributed by atoms with E-state index in [1.807, 2.05) is 0 Å². The molecule has 0 radical (unpaired) electrons. The summed E-state index contributed by atoms with van der Waals surface area (Å²) >= 11 is 6.95. The van der Waals surface area contributed by atoms with E-state index in [1.54, 1.807) is 37.3 Å². The van der Waals surface area contributed by atoms with Gasteiger partial charge in [0.15, 0.2) is 0 Å². The molecule has 3 aromatic rings. The van der Waals surface area contributed by atoms with Gasteiger partial charge < -0.3 is 9.73 Å². The van der Waals surface area contributed by atoms with Crippen LogP contribution in [0.25, 0.3) is 11.5 Å². The predicted molar refractivity (Wildman–Crippen MR) is 116 cm³/mol. The van der Waals surface area contributed by atoms with Crippen LogP contribution in [0, 0.1) is 6.92 Å².